The van der Waals surface area contributed by atoms with Gasteiger partial charge in [-0.2, -0.15) is 0 Å². The Kier molecular flexibility index (Phi) is 5.77. The molecule has 1 aromatic rings. The zero-order valence-corrected chi connectivity index (χ0v) is 17.8. The molecule has 30 heavy (non-hydrogen) atoms. The summed E-state index contributed by atoms with van der Waals surface area (Å²) < 4.78 is 5.69. The summed E-state index contributed by atoms with van der Waals surface area (Å²) in [7, 11) is 0. The van der Waals surface area contributed by atoms with E-state index >= 15 is 0 Å². The fraction of sp³-hybridized carbons (Fsp3) is 0.652. The van der Waals surface area contributed by atoms with E-state index in [2.05, 4.69) is 0 Å². The Balaban J connectivity index is 1.45. The number of fused-ring (bicyclic) bond motifs is 1. The second kappa shape index (κ2) is 8.19. The highest BCUT2D eigenvalue weighted by Crippen LogP contribution is 2.43. The lowest BCUT2D eigenvalue weighted by Crippen LogP contribution is -2.55. The lowest BCUT2D eigenvalue weighted by Gasteiger charge is -2.46. The number of aliphatic hydroxyl groups is 2. The molecular weight excluding hydrogens is 384 g/mol. The Hall–Kier alpha value is -2.12. The van der Waals surface area contributed by atoms with Crippen LogP contribution in [0.25, 0.3) is 0 Å². The number of piperidine rings is 1. The first-order valence-corrected chi connectivity index (χ1v) is 11.0. The third-order valence-corrected chi connectivity index (χ3v) is 6.73. The zero-order valence-electron chi connectivity index (χ0n) is 17.8. The van der Waals surface area contributed by atoms with Crippen molar-refractivity contribution in [2.24, 2.45) is 11.8 Å². The molecule has 0 aromatic heterocycles. The molecule has 2 saturated heterocycles. The fourth-order valence-corrected chi connectivity index (χ4v) is 5.18. The molecule has 164 valence electrons. The Morgan fingerprint density at radius 3 is 2.47 bits per heavy atom. The molecule has 7 nitrogen and oxygen atoms in total. The summed E-state index contributed by atoms with van der Waals surface area (Å²) >= 11 is 0. The summed E-state index contributed by atoms with van der Waals surface area (Å²) in [4.78, 5) is 28.8. The summed E-state index contributed by atoms with van der Waals surface area (Å²) in [6.07, 6.45) is 2.19. The van der Waals surface area contributed by atoms with Crippen molar-refractivity contribution >= 4 is 17.5 Å². The van der Waals surface area contributed by atoms with Gasteiger partial charge in [-0.25, -0.2) is 0 Å². The van der Waals surface area contributed by atoms with E-state index in [-0.39, 0.29) is 36.3 Å². The summed E-state index contributed by atoms with van der Waals surface area (Å²) in [5.41, 5.74) is -0.226. The minimum atomic E-state index is -1.07. The number of likely N-dealkylation sites (tertiary alicyclic amines) is 1. The van der Waals surface area contributed by atoms with E-state index in [1.54, 1.807) is 4.90 Å². The van der Waals surface area contributed by atoms with E-state index < -0.39 is 11.7 Å². The Labute approximate surface area is 177 Å². The Bertz CT molecular complexity index is 795. The fourth-order valence-electron chi connectivity index (χ4n) is 5.18. The molecule has 3 aliphatic rings. The van der Waals surface area contributed by atoms with E-state index in [9.17, 15) is 19.8 Å². The molecule has 2 N–H and O–H groups in total. The van der Waals surface area contributed by atoms with Gasteiger partial charge in [-0.3, -0.25) is 9.59 Å². The summed E-state index contributed by atoms with van der Waals surface area (Å²) in [6.45, 7) is 5.28. The van der Waals surface area contributed by atoms with Crippen LogP contribution in [0.15, 0.2) is 24.3 Å². The maximum Gasteiger partial charge on any atom is 0.251 e. The molecule has 4 atom stereocenters. The third kappa shape index (κ3) is 4.18. The van der Waals surface area contributed by atoms with Gasteiger partial charge in [0.1, 0.15) is 11.9 Å². The van der Waals surface area contributed by atoms with Crippen LogP contribution >= 0.6 is 0 Å². The number of carbonyl (C=O) groups is 2. The molecule has 0 bridgehead atoms. The van der Waals surface area contributed by atoms with Crippen LogP contribution in [-0.2, 0) is 9.59 Å². The minimum absolute atomic E-state index is 0.0506. The van der Waals surface area contributed by atoms with Crippen LogP contribution in [0, 0.1) is 11.8 Å². The summed E-state index contributed by atoms with van der Waals surface area (Å²) in [5, 5.41) is 20.9. The molecule has 4 rings (SSSR count). The molecule has 0 spiro atoms. The second-order valence-corrected chi connectivity index (χ2v) is 9.34. The number of β-amino-alcohol motifs (C(OH)–C–C–N with tert-alkyl or cyclic N) is 1. The third-order valence-electron chi connectivity index (χ3n) is 6.73. The number of aliphatic hydroxyl groups excluding tert-OH is 1. The van der Waals surface area contributed by atoms with Crippen LogP contribution in [0.3, 0.4) is 0 Å². The van der Waals surface area contributed by atoms with Crippen LogP contribution < -0.4 is 9.64 Å². The second-order valence-electron chi connectivity index (χ2n) is 9.34. The van der Waals surface area contributed by atoms with Gasteiger partial charge < -0.3 is 24.7 Å². The lowest BCUT2D eigenvalue weighted by molar-refractivity contribution is -0.142. The number of hydrogen-bond donors (Lipinski definition) is 2. The van der Waals surface area contributed by atoms with Crippen molar-refractivity contribution < 1.29 is 24.5 Å². The molecule has 0 radical (unpaired) electrons. The first kappa shape index (κ1) is 21.1. The average molecular weight is 417 g/mol. The standard InChI is InChI=1S/C23H32N2O5/c1-15(2)30-18-5-3-17(4-6-18)25-12-8-16-7-10-23(29,13-19(16)21(25)27)14-24-11-9-20(26)22(24)28/h3-6,15-16,19-20,26,29H,7-14H2,1-2H3. The van der Waals surface area contributed by atoms with Crippen molar-refractivity contribution in [2.75, 3.05) is 24.5 Å². The zero-order chi connectivity index (χ0) is 21.5. The van der Waals surface area contributed by atoms with E-state index in [4.69, 9.17) is 4.74 Å². The van der Waals surface area contributed by atoms with E-state index in [0.29, 0.717) is 32.4 Å². The average Bonchev–Trinajstić information content (AvgIpc) is 3.01. The van der Waals surface area contributed by atoms with Crippen molar-refractivity contribution in [1.29, 1.82) is 0 Å². The molecule has 7 heteroatoms. The highest BCUT2D eigenvalue weighted by Gasteiger charge is 2.48. The predicted molar refractivity (Wildman–Crippen MR) is 112 cm³/mol. The SMILES string of the molecule is CC(C)Oc1ccc(N2CCC3CCC(O)(CN4CCC(O)C4=O)CC3C2=O)cc1. The smallest absolute Gasteiger partial charge is 0.251 e. The van der Waals surface area contributed by atoms with E-state index in [0.717, 1.165) is 24.3 Å². The number of ether oxygens (including phenoxy) is 1. The normalized spacial score (nSPS) is 32.0. The van der Waals surface area contributed by atoms with Gasteiger partial charge in [-0.15, -0.1) is 0 Å². The molecule has 3 fully saturated rings. The van der Waals surface area contributed by atoms with Gasteiger partial charge in [0.15, 0.2) is 0 Å². The molecule has 1 aromatic carbocycles. The maximum absolute atomic E-state index is 13.3. The van der Waals surface area contributed by atoms with E-state index in [1.165, 1.54) is 0 Å². The molecule has 2 aliphatic heterocycles. The first-order valence-electron chi connectivity index (χ1n) is 11.0. The minimum Gasteiger partial charge on any atom is -0.491 e. The van der Waals surface area contributed by atoms with Gasteiger partial charge in [-0.05, 0) is 76.1 Å². The topological polar surface area (TPSA) is 90.3 Å². The number of benzene rings is 1. The maximum atomic E-state index is 13.3. The molecule has 1 saturated carbocycles. The van der Waals surface area contributed by atoms with Crippen LogP contribution in [0.4, 0.5) is 5.69 Å². The highest BCUT2D eigenvalue weighted by atomic mass is 16.5. The highest BCUT2D eigenvalue weighted by molar-refractivity contribution is 5.96. The van der Waals surface area contributed by atoms with E-state index in [1.807, 2.05) is 43.0 Å². The van der Waals surface area contributed by atoms with Crippen LogP contribution in [0.2, 0.25) is 0 Å². The largest absolute Gasteiger partial charge is 0.491 e. The van der Waals surface area contributed by atoms with Gasteiger partial charge in [0.2, 0.25) is 5.91 Å². The molecule has 1 aliphatic carbocycles. The van der Waals surface area contributed by atoms with Gasteiger partial charge in [-0.1, -0.05) is 0 Å². The summed E-state index contributed by atoms with van der Waals surface area (Å²) in [6, 6.07) is 7.59. The van der Waals surface area contributed by atoms with Crippen molar-refractivity contribution in [2.45, 2.75) is 63.8 Å². The van der Waals surface area contributed by atoms with Gasteiger partial charge in [0.25, 0.3) is 5.91 Å². The first-order chi connectivity index (χ1) is 14.3. The van der Waals surface area contributed by atoms with Crippen LogP contribution in [0.1, 0.15) is 46.0 Å². The van der Waals surface area contributed by atoms with Crippen molar-refractivity contribution in [3.63, 3.8) is 0 Å². The van der Waals surface area contributed by atoms with Gasteiger partial charge in [0, 0.05) is 31.2 Å². The number of amides is 2. The van der Waals surface area contributed by atoms with Gasteiger partial charge in [0.05, 0.1) is 11.7 Å². The number of rotatable bonds is 5. The molecular formula is C23H32N2O5. The summed E-state index contributed by atoms with van der Waals surface area (Å²) in [5.74, 6) is 0.547. The monoisotopic (exact) mass is 416 g/mol. The number of nitrogens with zero attached hydrogens (tertiary/aromatic N) is 2. The molecule has 2 heterocycles. The van der Waals surface area contributed by atoms with Crippen molar-refractivity contribution in [1.82, 2.24) is 4.90 Å². The number of carbonyl (C=O) groups excluding carboxylic acids is 2. The molecule has 4 unspecified atom stereocenters. The number of anilines is 1. The Morgan fingerprint density at radius 2 is 1.83 bits per heavy atom. The lowest BCUT2D eigenvalue weighted by atomic mass is 9.68. The Morgan fingerprint density at radius 1 is 1.10 bits per heavy atom. The van der Waals surface area contributed by atoms with Crippen molar-refractivity contribution in [3.8, 4) is 5.75 Å². The van der Waals surface area contributed by atoms with Crippen molar-refractivity contribution in [3.05, 3.63) is 24.3 Å². The number of hydrogen-bond acceptors (Lipinski definition) is 5. The predicted octanol–water partition coefficient (Wildman–Crippen LogP) is 1.95. The van der Waals surface area contributed by atoms with Crippen LogP contribution in [0.5, 0.6) is 5.75 Å². The quantitative estimate of drug-likeness (QED) is 0.766. The van der Waals surface area contributed by atoms with Crippen LogP contribution in [-0.4, -0.2) is 64.4 Å². The van der Waals surface area contributed by atoms with Gasteiger partial charge >= 0.3 is 0 Å². The molecule has 2 amide bonds.